The van der Waals surface area contributed by atoms with E-state index in [0.29, 0.717) is 0 Å². The summed E-state index contributed by atoms with van der Waals surface area (Å²) >= 11 is 0. The van der Waals surface area contributed by atoms with E-state index in [1.165, 1.54) is 6.04 Å². The molecule has 10 heavy (non-hydrogen) atoms. The molecule has 0 aliphatic rings. The van der Waals surface area contributed by atoms with Crippen molar-refractivity contribution in [3.63, 3.8) is 0 Å². The van der Waals surface area contributed by atoms with Crippen molar-refractivity contribution in [1.29, 1.82) is 0 Å². The molecule has 0 aromatic carbocycles. The van der Waals surface area contributed by atoms with E-state index in [-0.39, 0.29) is 0 Å². The third-order valence-electron chi connectivity index (χ3n) is 1.58. The molecule has 0 N–H and O–H groups in total. The van der Waals surface area contributed by atoms with Gasteiger partial charge in [-0.2, -0.15) is 0 Å². The summed E-state index contributed by atoms with van der Waals surface area (Å²) in [6.45, 7) is 5.92. The van der Waals surface area contributed by atoms with E-state index < -0.39 is 9.04 Å². The normalized spacial score (nSPS) is 13.5. The monoisotopic (exact) mass is 162 g/mol. The van der Waals surface area contributed by atoms with Gasteiger partial charge in [-0.1, -0.05) is 6.92 Å². The zero-order valence-electron chi connectivity index (χ0n) is 7.22. The Morgan fingerprint density at radius 2 is 2.00 bits per heavy atom. The summed E-state index contributed by atoms with van der Waals surface area (Å²) in [5, 5.41) is 0. The van der Waals surface area contributed by atoms with Crippen LogP contribution in [0.15, 0.2) is 0 Å². The highest BCUT2D eigenvalue weighted by Gasteiger charge is 2.05. The van der Waals surface area contributed by atoms with E-state index >= 15 is 0 Å². The molecule has 3 heteroatoms. The lowest BCUT2D eigenvalue weighted by Gasteiger charge is -2.09. The van der Waals surface area contributed by atoms with Crippen LogP contribution in [0.3, 0.4) is 0 Å². The van der Waals surface area contributed by atoms with Crippen molar-refractivity contribution < 1.29 is 9.16 Å². The van der Waals surface area contributed by atoms with Gasteiger partial charge in [0, 0.05) is 20.3 Å². The lowest BCUT2D eigenvalue weighted by Crippen LogP contribution is -2.16. The van der Waals surface area contributed by atoms with E-state index in [9.17, 15) is 0 Å². The number of hydrogen-bond donors (Lipinski definition) is 0. The molecule has 0 rings (SSSR count). The van der Waals surface area contributed by atoms with Crippen LogP contribution in [0.25, 0.3) is 0 Å². The summed E-state index contributed by atoms with van der Waals surface area (Å²) in [6, 6.07) is 2.37. The van der Waals surface area contributed by atoms with E-state index in [2.05, 4.69) is 6.92 Å². The molecular weight excluding hydrogens is 144 g/mol. The Bertz CT molecular complexity index is 64.6. The van der Waals surface area contributed by atoms with Crippen molar-refractivity contribution in [1.82, 2.24) is 0 Å². The molecule has 2 nitrogen and oxygen atoms in total. The molecule has 0 spiro atoms. The van der Waals surface area contributed by atoms with E-state index in [0.717, 1.165) is 19.3 Å². The van der Waals surface area contributed by atoms with Gasteiger partial charge in [-0.25, -0.2) is 0 Å². The minimum Gasteiger partial charge on any atom is -0.423 e. The summed E-state index contributed by atoms with van der Waals surface area (Å²) in [4.78, 5) is 0. The molecule has 0 aliphatic carbocycles. The largest absolute Gasteiger partial charge is 0.423 e. The Labute approximate surface area is 65.3 Å². The maximum atomic E-state index is 5.30. The van der Waals surface area contributed by atoms with Crippen LogP contribution in [-0.2, 0) is 9.16 Å². The summed E-state index contributed by atoms with van der Waals surface area (Å²) in [5.74, 6) is 0. The lowest BCUT2D eigenvalue weighted by molar-refractivity contribution is 0.159. The van der Waals surface area contributed by atoms with Gasteiger partial charge in [0.2, 0.25) is 0 Å². The zero-order valence-corrected chi connectivity index (χ0v) is 8.38. The Kier molecular flexibility index (Phi) is 7.35. The van der Waals surface area contributed by atoms with Gasteiger partial charge in [-0.05, 0) is 19.0 Å². The van der Waals surface area contributed by atoms with Crippen molar-refractivity contribution in [2.45, 2.75) is 25.9 Å². The first-order valence-electron chi connectivity index (χ1n) is 3.95. The summed E-state index contributed by atoms with van der Waals surface area (Å²) in [7, 11) is 0.963. The number of rotatable bonds is 6. The van der Waals surface area contributed by atoms with Crippen LogP contribution >= 0.6 is 0 Å². The summed E-state index contributed by atoms with van der Waals surface area (Å²) < 4.78 is 10.5. The maximum absolute atomic E-state index is 5.30. The smallest absolute Gasteiger partial charge is 0.178 e. The first-order valence-corrected chi connectivity index (χ1v) is 6.06. The fourth-order valence-corrected chi connectivity index (χ4v) is 2.25. The van der Waals surface area contributed by atoms with Crippen molar-refractivity contribution in [3.8, 4) is 0 Å². The van der Waals surface area contributed by atoms with Crippen molar-refractivity contribution >= 4 is 9.04 Å². The van der Waals surface area contributed by atoms with E-state index in [1.54, 1.807) is 0 Å². The highest BCUT2D eigenvalue weighted by Crippen LogP contribution is 1.99. The molecule has 0 heterocycles. The quantitative estimate of drug-likeness (QED) is 0.434. The van der Waals surface area contributed by atoms with E-state index in [1.807, 2.05) is 14.0 Å². The van der Waals surface area contributed by atoms with Crippen LogP contribution in [-0.4, -0.2) is 29.4 Å². The third-order valence-corrected chi connectivity index (χ3v) is 4.03. The van der Waals surface area contributed by atoms with Crippen molar-refractivity contribution in [2.75, 3.05) is 20.3 Å². The van der Waals surface area contributed by atoms with Gasteiger partial charge in [0.1, 0.15) is 0 Å². The standard InChI is InChI=1S/C7H18O2Si/c1-4-9-6-7-10(5-2)8-3/h10H,4-7H2,1-3H3. The van der Waals surface area contributed by atoms with Crippen LogP contribution in [0.4, 0.5) is 0 Å². The number of hydrogen-bond acceptors (Lipinski definition) is 2. The fraction of sp³-hybridized carbons (Fsp3) is 1.00. The Morgan fingerprint density at radius 1 is 1.30 bits per heavy atom. The van der Waals surface area contributed by atoms with Crippen LogP contribution < -0.4 is 0 Å². The Hall–Kier alpha value is 0.137. The van der Waals surface area contributed by atoms with Gasteiger partial charge in [0.25, 0.3) is 0 Å². The lowest BCUT2D eigenvalue weighted by atomic mass is 10.8. The predicted molar refractivity (Wildman–Crippen MR) is 45.9 cm³/mol. The van der Waals surface area contributed by atoms with Crippen LogP contribution in [0.2, 0.25) is 12.1 Å². The van der Waals surface area contributed by atoms with Gasteiger partial charge in [-0.3, -0.25) is 0 Å². The van der Waals surface area contributed by atoms with Crippen LogP contribution in [0.1, 0.15) is 13.8 Å². The molecule has 62 valence electrons. The first kappa shape index (κ1) is 10.1. The molecule has 0 aromatic rings. The minimum absolute atomic E-state index is 0.828. The summed E-state index contributed by atoms with van der Waals surface area (Å²) in [5.41, 5.74) is 0. The van der Waals surface area contributed by atoms with Crippen LogP contribution in [0.5, 0.6) is 0 Å². The Morgan fingerprint density at radius 3 is 2.40 bits per heavy atom. The zero-order chi connectivity index (χ0) is 7.82. The van der Waals surface area contributed by atoms with Gasteiger partial charge in [0.15, 0.2) is 9.04 Å². The topological polar surface area (TPSA) is 18.5 Å². The minimum atomic E-state index is -0.849. The van der Waals surface area contributed by atoms with Crippen molar-refractivity contribution in [2.24, 2.45) is 0 Å². The fourth-order valence-electron chi connectivity index (χ4n) is 0.848. The van der Waals surface area contributed by atoms with Gasteiger partial charge in [0.05, 0.1) is 0 Å². The van der Waals surface area contributed by atoms with Gasteiger partial charge >= 0.3 is 0 Å². The molecular formula is C7H18O2Si. The average Bonchev–Trinajstić information content (AvgIpc) is 1.99. The van der Waals surface area contributed by atoms with Gasteiger partial charge in [-0.15, -0.1) is 0 Å². The van der Waals surface area contributed by atoms with Crippen LogP contribution in [0, 0.1) is 0 Å². The molecule has 0 bridgehead atoms. The molecule has 0 amide bonds. The average molecular weight is 162 g/mol. The molecule has 1 atom stereocenters. The van der Waals surface area contributed by atoms with Gasteiger partial charge < -0.3 is 9.16 Å². The third kappa shape index (κ3) is 4.96. The molecule has 0 fully saturated rings. The maximum Gasteiger partial charge on any atom is 0.178 e. The second-order valence-corrected chi connectivity index (χ2v) is 5.36. The molecule has 0 radical (unpaired) electrons. The highest BCUT2D eigenvalue weighted by atomic mass is 28.3. The number of ether oxygens (including phenoxy) is 1. The molecule has 0 saturated carbocycles. The summed E-state index contributed by atoms with van der Waals surface area (Å²) in [6.07, 6.45) is 0. The molecule has 0 saturated heterocycles. The second-order valence-electron chi connectivity index (χ2n) is 2.25. The molecule has 0 aliphatic heterocycles. The predicted octanol–water partition coefficient (Wildman–Crippen LogP) is 1.41. The SMILES string of the molecule is CCOCC[SiH](CC)OC. The van der Waals surface area contributed by atoms with E-state index in [4.69, 9.17) is 9.16 Å². The first-order chi connectivity index (χ1) is 4.85. The second kappa shape index (κ2) is 7.25. The molecule has 0 aromatic heterocycles. The Balaban J connectivity index is 3.09. The molecule has 1 unspecified atom stereocenters. The van der Waals surface area contributed by atoms with Crippen molar-refractivity contribution in [3.05, 3.63) is 0 Å². The highest BCUT2D eigenvalue weighted by molar-refractivity contribution is 6.51.